The summed E-state index contributed by atoms with van der Waals surface area (Å²) in [5.74, 6) is 0. The number of aromatic nitrogens is 1. The number of pyridine rings is 1. The third-order valence-corrected chi connectivity index (χ3v) is 3.71. The second-order valence-electron chi connectivity index (χ2n) is 4.04. The van der Waals surface area contributed by atoms with E-state index in [-0.39, 0.29) is 0 Å². The predicted octanol–water partition coefficient (Wildman–Crippen LogP) is 3.31. The topological polar surface area (TPSA) is 48.1 Å². The van der Waals surface area contributed by atoms with Crippen molar-refractivity contribution in [1.29, 1.82) is 0 Å². The van der Waals surface area contributed by atoms with Crippen molar-refractivity contribution in [2.75, 3.05) is 12.3 Å². The molecule has 0 saturated carbocycles. The summed E-state index contributed by atoms with van der Waals surface area (Å²) in [5, 5.41) is 1.50. The van der Waals surface area contributed by atoms with E-state index in [2.05, 4.69) is 20.9 Å². The molecule has 0 radical (unpaired) electrons. The Morgan fingerprint density at radius 2 is 2.24 bits per heavy atom. The first-order chi connectivity index (χ1) is 8.16. The van der Waals surface area contributed by atoms with E-state index >= 15 is 0 Å². The van der Waals surface area contributed by atoms with Crippen molar-refractivity contribution < 1.29 is 4.74 Å². The van der Waals surface area contributed by atoms with Gasteiger partial charge in [0.05, 0.1) is 29.4 Å². The standard InChI is InChI=1S/C12H10BrClN2O/c13-6-3-7-11(15)8-5-17-2-1-10(8)16-12(7)9(14)4-6/h3-4H,1-2,5H2,(H2,15,16). The van der Waals surface area contributed by atoms with Crippen LogP contribution in [0, 0.1) is 0 Å². The van der Waals surface area contributed by atoms with Crippen LogP contribution in [-0.4, -0.2) is 11.6 Å². The Bertz CT molecular complexity index is 615. The van der Waals surface area contributed by atoms with E-state index in [4.69, 9.17) is 22.1 Å². The van der Waals surface area contributed by atoms with E-state index in [1.807, 2.05) is 12.1 Å². The number of halogens is 2. The van der Waals surface area contributed by atoms with Gasteiger partial charge in [-0.3, -0.25) is 4.98 Å². The highest BCUT2D eigenvalue weighted by Crippen LogP contribution is 2.34. The molecule has 1 aliphatic rings. The summed E-state index contributed by atoms with van der Waals surface area (Å²) in [5.41, 5.74) is 9.68. The Morgan fingerprint density at radius 3 is 3.06 bits per heavy atom. The highest BCUT2D eigenvalue weighted by atomic mass is 79.9. The monoisotopic (exact) mass is 312 g/mol. The van der Waals surface area contributed by atoms with Crippen LogP contribution in [-0.2, 0) is 17.8 Å². The first kappa shape index (κ1) is 11.3. The summed E-state index contributed by atoms with van der Waals surface area (Å²) in [6, 6.07) is 3.78. The van der Waals surface area contributed by atoms with Crippen LogP contribution >= 0.6 is 27.5 Å². The minimum atomic E-state index is 0.536. The van der Waals surface area contributed by atoms with Gasteiger partial charge in [0.1, 0.15) is 0 Å². The summed E-state index contributed by atoms with van der Waals surface area (Å²) in [6.07, 6.45) is 0.794. The van der Waals surface area contributed by atoms with Crippen LogP contribution < -0.4 is 5.73 Å². The lowest BCUT2D eigenvalue weighted by Crippen LogP contribution is -2.14. The maximum atomic E-state index is 6.20. The third-order valence-electron chi connectivity index (χ3n) is 2.97. The highest BCUT2D eigenvalue weighted by Gasteiger charge is 2.18. The first-order valence-electron chi connectivity index (χ1n) is 5.30. The molecule has 2 N–H and O–H groups in total. The molecular weight excluding hydrogens is 304 g/mol. The Kier molecular flexibility index (Phi) is 2.73. The van der Waals surface area contributed by atoms with Crippen LogP contribution in [0.5, 0.6) is 0 Å². The zero-order valence-electron chi connectivity index (χ0n) is 8.96. The van der Waals surface area contributed by atoms with Gasteiger partial charge in [0.2, 0.25) is 0 Å². The molecule has 3 nitrogen and oxygen atoms in total. The summed E-state index contributed by atoms with van der Waals surface area (Å²) in [4.78, 5) is 4.60. The summed E-state index contributed by atoms with van der Waals surface area (Å²) in [7, 11) is 0. The molecule has 1 aromatic carbocycles. The molecule has 17 heavy (non-hydrogen) atoms. The molecule has 0 atom stereocenters. The quantitative estimate of drug-likeness (QED) is 0.812. The minimum absolute atomic E-state index is 0.536. The van der Waals surface area contributed by atoms with E-state index in [1.54, 1.807) is 0 Å². The van der Waals surface area contributed by atoms with Gasteiger partial charge in [0.15, 0.2) is 0 Å². The smallest absolute Gasteiger partial charge is 0.0913 e. The predicted molar refractivity (Wildman–Crippen MR) is 72.2 cm³/mol. The molecule has 0 amide bonds. The normalized spacial score (nSPS) is 14.9. The van der Waals surface area contributed by atoms with Gasteiger partial charge in [-0.05, 0) is 12.1 Å². The third kappa shape index (κ3) is 1.80. The number of hydrogen-bond acceptors (Lipinski definition) is 3. The van der Waals surface area contributed by atoms with E-state index in [0.29, 0.717) is 18.2 Å². The molecule has 0 spiro atoms. The molecule has 2 heterocycles. The van der Waals surface area contributed by atoms with Crippen molar-refractivity contribution in [3.05, 3.63) is 32.9 Å². The Morgan fingerprint density at radius 1 is 1.41 bits per heavy atom. The van der Waals surface area contributed by atoms with Crippen LogP contribution in [0.25, 0.3) is 10.9 Å². The van der Waals surface area contributed by atoms with E-state index in [0.717, 1.165) is 38.7 Å². The lowest BCUT2D eigenvalue weighted by atomic mass is 10.0. The molecule has 88 valence electrons. The molecule has 0 saturated heterocycles. The van der Waals surface area contributed by atoms with Crippen molar-refractivity contribution in [2.24, 2.45) is 0 Å². The molecule has 2 aromatic rings. The van der Waals surface area contributed by atoms with Gasteiger partial charge < -0.3 is 10.5 Å². The number of rotatable bonds is 0. The number of fused-ring (bicyclic) bond motifs is 2. The second-order valence-corrected chi connectivity index (χ2v) is 5.36. The Labute approximate surface area is 112 Å². The van der Waals surface area contributed by atoms with Gasteiger partial charge in [-0.1, -0.05) is 27.5 Å². The van der Waals surface area contributed by atoms with E-state index in [1.165, 1.54) is 0 Å². The molecule has 1 aliphatic heterocycles. The van der Waals surface area contributed by atoms with Crippen molar-refractivity contribution in [2.45, 2.75) is 13.0 Å². The SMILES string of the molecule is Nc1c2c(nc3c(Cl)cc(Br)cc13)CCOC2. The summed E-state index contributed by atoms with van der Waals surface area (Å²) < 4.78 is 6.32. The zero-order chi connectivity index (χ0) is 12.0. The zero-order valence-corrected chi connectivity index (χ0v) is 11.3. The number of nitrogens with two attached hydrogens (primary N) is 1. The Balaban J connectivity index is 2.40. The van der Waals surface area contributed by atoms with Gasteiger partial charge in [-0.15, -0.1) is 0 Å². The van der Waals surface area contributed by atoms with Crippen molar-refractivity contribution in [3.63, 3.8) is 0 Å². The fourth-order valence-corrected chi connectivity index (χ4v) is 2.97. The number of hydrogen-bond donors (Lipinski definition) is 1. The number of nitrogen functional groups attached to an aromatic ring is 1. The van der Waals surface area contributed by atoms with E-state index < -0.39 is 0 Å². The molecule has 3 rings (SSSR count). The molecule has 5 heteroatoms. The van der Waals surface area contributed by atoms with Crippen LogP contribution in [0.15, 0.2) is 16.6 Å². The fourth-order valence-electron chi connectivity index (χ4n) is 2.12. The first-order valence-corrected chi connectivity index (χ1v) is 6.47. The lowest BCUT2D eigenvalue weighted by Gasteiger charge is -2.19. The number of anilines is 1. The van der Waals surface area contributed by atoms with Gasteiger partial charge in [-0.2, -0.15) is 0 Å². The largest absolute Gasteiger partial charge is 0.398 e. The van der Waals surface area contributed by atoms with Gasteiger partial charge in [-0.25, -0.2) is 0 Å². The molecule has 0 bridgehead atoms. The van der Waals surface area contributed by atoms with Crippen LogP contribution in [0.3, 0.4) is 0 Å². The average Bonchev–Trinajstić information content (AvgIpc) is 2.31. The van der Waals surface area contributed by atoms with E-state index in [9.17, 15) is 0 Å². The van der Waals surface area contributed by atoms with Crippen LogP contribution in [0.1, 0.15) is 11.3 Å². The maximum absolute atomic E-state index is 6.20. The number of ether oxygens (including phenoxy) is 1. The minimum Gasteiger partial charge on any atom is -0.398 e. The van der Waals surface area contributed by atoms with Gasteiger partial charge >= 0.3 is 0 Å². The van der Waals surface area contributed by atoms with Crippen molar-refractivity contribution in [3.8, 4) is 0 Å². The van der Waals surface area contributed by atoms with Crippen molar-refractivity contribution >= 4 is 44.1 Å². The highest BCUT2D eigenvalue weighted by molar-refractivity contribution is 9.10. The summed E-state index contributed by atoms with van der Waals surface area (Å²) >= 11 is 9.61. The number of benzene rings is 1. The van der Waals surface area contributed by atoms with Gasteiger partial charge in [0, 0.05) is 27.5 Å². The summed E-state index contributed by atoms with van der Waals surface area (Å²) in [6.45, 7) is 1.23. The van der Waals surface area contributed by atoms with Crippen LogP contribution in [0.4, 0.5) is 5.69 Å². The average molecular weight is 314 g/mol. The molecule has 0 unspecified atom stereocenters. The maximum Gasteiger partial charge on any atom is 0.0913 e. The Hall–Kier alpha value is -0.840. The van der Waals surface area contributed by atoms with Gasteiger partial charge in [0.25, 0.3) is 0 Å². The second kappa shape index (κ2) is 4.12. The fraction of sp³-hybridized carbons (Fsp3) is 0.250. The molecular formula is C12H10BrClN2O. The molecule has 1 aromatic heterocycles. The van der Waals surface area contributed by atoms with Crippen LogP contribution in [0.2, 0.25) is 5.02 Å². The van der Waals surface area contributed by atoms with Crippen molar-refractivity contribution in [1.82, 2.24) is 4.98 Å². The molecule has 0 aliphatic carbocycles. The number of nitrogens with zero attached hydrogens (tertiary/aromatic N) is 1. The lowest BCUT2D eigenvalue weighted by molar-refractivity contribution is 0.110. The molecule has 0 fully saturated rings.